The van der Waals surface area contributed by atoms with E-state index in [1.165, 1.54) is 0 Å². The van der Waals surface area contributed by atoms with Crippen molar-refractivity contribution in [2.75, 3.05) is 6.54 Å². The largest absolute Gasteiger partial charge is 0.465 e. The van der Waals surface area contributed by atoms with Crippen LogP contribution in [0.2, 0.25) is 0 Å². The van der Waals surface area contributed by atoms with Gasteiger partial charge in [-0.1, -0.05) is 12.1 Å². The Balaban J connectivity index is 1.95. The summed E-state index contributed by atoms with van der Waals surface area (Å²) in [7, 11) is 0. The molecule has 146 valence electrons. The van der Waals surface area contributed by atoms with Gasteiger partial charge in [0.25, 0.3) is 0 Å². The van der Waals surface area contributed by atoms with Crippen molar-refractivity contribution in [1.29, 1.82) is 0 Å². The lowest BCUT2D eigenvalue weighted by Crippen LogP contribution is -2.36. The molecule has 1 aliphatic rings. The molecule has 0 saturated carbocycles. The second kappa shape index (κ2) is 6.46. The van der Waals surface area contributed by atoms with Gasteiger partial charge in [-0.05, 0) is 24.1 Å². The van der Waals surface area contributed by atoms with Crippen LogP contribution in [0.4, 0.5) is 31.1 Å². The zero-order chi connectivity index (χ0) is 20.0. The Morgan fingerprint density at radius 2 is 1.70 bits per heavy atom. The SMILES string of the molecule is O=C(O)N1CCc2c(C(F)(F)F)nn(Cc3ccc(C(F)(F)F)cc3)c2C1. The van der Waals surface area contributed by atoms with E-state index in [2.05, 4.69) is 5.10 Å². The van der Waals surface area contributed by atoms with E-state index in [-0.39, 0.29) is 37.3 Å². The van der Waals surface area contributed by atoms with Crippen LogP contribution in [-0.2, 0) is 31.9 Å². The number of aromatic nitrogens is 2. The Hall–Kier alpha value is -2.72. The third-order valence-electron chi connectivity index (χ3n) is 4.29. The van der Waals surface area contributed by atoms with Crippen LogP contribution in [0.25, 0.3) is 0 Å². The van der Waals surface area contributed by atoms with Gasteiger partial charge < -0.3 is 10.0 Å². The van der Waals surface area contributed by atoms with Gasteiger partial charge in [-0.2, -0.15) is 31.4 Å². The number of hydrogen-bond acceptors (Lipinski definition) is 2. The van der Waals surface area contributed by atoms with Gasteiger partial charge in [-0.3, -0.25) is 4.68 Å². The van der Waals surface area contributed by atoms with Gasteiger partial charge >= 0.3 is 18.4 Å². The second-order valence-corrected chi connectivity index (χ2v) is 6.08. The predicted molar refractivity (Wildman–Crippen MR) is 79.9 cm³/mol. The summed E-state index contributed by atoms with van der Waals surface area (Å²) in [6.07, 6.45) is -10.6. The quantitative estimate of drug-likeness (QED) is 0.785. The zero-order valence-electron chi connectivity index (χ0n) is 13.6. The van der Waals surface area contributed by atoms with Crippen LogP contribution in [0.15, 0.2) is 24.3 Å². The maximum absolute atomic E-state index is 13.2. The predicted octanol–water partition coefficient (Wildman–Crippen LogP) is 4.01. The molecule has 1 aromatic carbocycles. The van der Waals surface area contributed by atoms with Gasteiger partial charge in [-0.15, -0.1) is 0 Å². The van der Waals surface area contributed by atoms with E-state index in [4.69, 9.17) is 5.11 Å². The minimum absolute atomic E-state index is 0.0769. The molecule has 0 atom stereocenters. The summed E-state index contributed by atoms with van der Waals surface area (Å²) in [5.74, 6) is 0. The van der Waals surface area contributed by atoms with Gasteiger partial charge in [0, 0.05) is 12.1 Å². The number of carboxylic acid groups (broad SMARTS) is 1. The summed E-state index contributed by atoms with van der Waals surface area (Å²) in [5, 5.41) is 12.7. The van der Waals surface area contributed by atoms with Crippen molar-refractivity contribution in [2.24, 2.45) is 0 Å². The first-order chi connectivity index (χ1) is 12.5. The molecule has 0 radical (unpaired) electrons. The maximum atomic E-state index is 13.2. The lowest BCUT2D eigenvalue weighted by atomic mass is 10.0. The van der Waals surface area contributed by atoms with Crippen molar-refractivity contribution >= 4 is 6.09 Å². The molecule has 0 fully saturated rings. The highest BCUT2D eigenvalue weighted by Crippen LogP contribution is 2.35. The molecule has 0 unspecified atom stereocenters. The van der Waals surface area contributed by atoms with E-state index in [0.29, 0.717) is 5.56 Å². The van der Waals surface area contributed by atoms with Crippen LogP contribution in [0, 0.1) is 0 Å². The first-order valence-electron chi connectivity index (χ1n) is 7.76. The molecule has 0 aliphatic carbocycles. The van der Waals surface area contributed by atoms with Gasteiger partial charge in [0.1, 0.15) is 0 Å². The number of benzene rings is 1. The lowest BCUT2D eigenvalue weighted by Gasteiger charge is -2.25. The average Bonchev–Trinajstić information content (AvgIpc) is 2.92. The van der Waals surface area contributed by atoms with Crippen LogP contribution in [0.5, 0.6) is 0 Å². The molecule has 1 N–H and O–H groups in total. The van der Waals surface area contributed by atoms with E-state index in [9.17, 15) is 31.1 Å². The van der Waals surface area contributed by atoms with Crippen molar-refractivity contribution in [3.63, 3.8) is 0 Å². The Morgan fingerprint density at radius 1 is 1.07 bits per heavy atom. The molecule has 0 bridgehead atoms. The van der Waals surface area contributed by atoms with Crippen LogP contribution in [0.3, 0.4) is 0 Å². The Labute approximate surface area is 148 Å². The zero-order valence-corrected chi connectivity index (χ0v) is 13.6. The molecule has 0 spiro atoms. The average molecular weight is 393 g/mol. The number of nitrogens with zero attached hydrogens (tertiary/aromatic N) is 3. The fourth-order valence-corrected chi connectivity index (χ4v) is 2.97. The summed E-state index contributed by atoms with van der Waals surface area (Å²) in [6.45, 7) is -0.560. The van der Waals surface area contributed by atoms with Gasteiger partial charge in [0.15, 0.2) is 5.69 Å². The summed E-state index contributed by atoms with van der Waals surface area (Å²) in [5.41, 5.74) is -1.63. The summed E-state index contributed by atoms with van der Waals surface area (Å²) >= 11 is 0. The highest BCUT2D eigenvalue weighted by atomic mass is 19.4. The van der Waals surface area contributed by atoms with E-state index < -0.39 is 29.7 Å². The summed E-state index contributed by atoms with van der Waals surface area (Å²) < 4.78 is 78.6. The summed E-state index contributed by atoms with van der Waals surface area (Å²) in [4.78, 5) is 12.1. The van der Waals surface area contributed by atoms with Crippen LogP contribution >= 0.6 is 0 Å². The number of alkyl halides is 6. The first kappa shape index (κ1) is 19.1. The number of halogens is 6. The second-order valence-electron chi connectivity index (χ2n) is 6.08. The molecule has 2 heterocycles. The topological polar surface area (TPSA) is 58.4 Å². The van der Waals surface area contributed by atoms with Gasteiger partial charge in [0.05, 0.1) is 24.3 Å². The number of hydrogen-bond donors (Lipinski definition) is 1. The molecule has 5 nitrogen and oxygen atoms in total. The van der Waals surface area contributed by atoms with E-state index >= 15 is 0 Å². The Morgan fingerprint density at radius 3 is 2.22 bits per heavy atom. The minimum Gasteiger partial charge on any atom is -0.465 e. The fraction of sp³-hybridized carbons (Fsp3) is 0.375. The van der Waals surface area contributed by atoms with Gasteiger partial charge in [-0.25, -0.2) is 4.79 Å². The van der Waals surface area contributed by atoms with Crippen molar-refractivity contribution in [3.05, 3.63) is 52.3 Å². The standard InChI is InChI=1S/C16H13F6N3O2/c17-15(18,19)10-3-1-9(2-4-10)7-25-12-8-24(14(26)27)6-5-11(12)13(23-25)16(20,21)22/h1-4H,5-8H2,(H,26,27). The number of amides is 1. The molecule has 27 heavy (non-hydrogen) atoms. The van der Waals surface area contributed by atoms with Crippen LogP contribution in [0.1, 0.15) is 28.1 Å². The maximum Gasteiger partial charge on any atom is 0.435 e. The van der Waals surface area contributed by atoms with Crippen LogP contribution in [-0.4, -0.2) is 32.4 Å². The molecule has 0 saturated heterocycles. The van der Waals surface area contributed by atoms with Crippen LogP contribution < -0.4 is 0 Å². The number of carbonyl (C=O) groups is 1. The van der Waals surface area contributed by atoms with Crippen molar-refractivity contribution in [3.8, 4) is 0 Å². The third kappa shape index (κ3) is 3.86. The van der Waals surface area contributed by atoms with E-state index in [1.807, 2.05) is 0 Å². The van der Waals surface area contributed by atoms with Gasteiger partial charge in [0.2, 0.25) is 0 Å². The van der Waals surface area contributed by atoms with Crippen molar-refractivity contribution in [1.82, 2.24) is 14.7 Å². The summed E-state index contributed by atoms with van der Waals surface area (Å²) in [6, 6.07) is 3.98. The Kier molecular flexibility index (Phi) is 4.56. The van der Waals surface area contributed by atoms with E-state index in [0.717, 1.165) is 33.8 Å². The fourth-order valence-electron chi connectivity index (χ4n) is 2.97. The third-order valence-corrected chi connectivity index (χ3v) is 4.29. The highest BCUT2D eigenvalue weighted by molar-refractivity contribution is 5.65. The first-order valence-corrected chi connectivity index (χ1v) is 7.76. The molecule has 3 rings (SSSR count). The minimum atomic E-state index is -4.71. The smallest absolute Gasteiger partial charge is 0.435 e. The Bertz CT molecular complexity index is 855. The van der Waals surface area contributed by atoms with Crippen molar-refractivity contribution < 1.29 is 36.2 Å². The van der Waals surface area contributed by atoms with E-state index in [1.54, 1.807) is 0 Å². The molecule has 11 heteroatoms. The molecular formula is C16H13F6N3O2. The normalized spacial score (nSPS) is 15.0. The number of fused-ring (bicyclic) bond motifs is 1. The molecule has 1 aromatic heterocycles. The monoisotopic (exact) mass is 393 g/mol. The number of rotatable bonds is 2. The lowest BCUT2D eigenvalue weighted by molar-refractivity contribution is -0.142. The van der Waals surface area contributed by atoms with Crippen molar-refractivity contribution in [2.45, 2.75) is 31.9 Å². The molecule has 1 aliphatic heterocycles. The molecular weight excluding hydrogens is 380 g/mol. The molecule has 1 amide bonds. The molecule has 2 aromatic rings. The highest BCUT2D eigenvalue weighted by Gasteiger charge is 2.41.